The zero-order valence-electron chi connectivity index (χ0n) is 9.17. The molecule has 0 radical (unpaired) electrons. The van der Waals surface area contributed by atoms with Gasteiger partial charge in [-0.2, -0.15) is 8.78 Å². The van der Waals surface area contributed by atoms with Crippen molar-refractivity contribution in [3.8, 4) is 0 Å². The molecule has 82 valence electrons. The number of nitrogens with zero attached hydrogens (tertiary/aromatic N) is 1. The highest BCUT2D eigenvalue weighted by molar-refractivity contribution is 6.05. The lowest BCUT2D eigenvalue weighted by Gasteiger charge is -2.15. The monoisotopic (exact) mass is 211 g/mol. The zero-order valence-corrected chi connectivity index (χ0v) is 9.17. The van der Waals surface area contributed by atoms with Crippen molar-refractivity contribution in [1.82, 2.24) is 0 Å². The van der Waals surface area contributed by atoms with Crippen molar-refractivity contribution in [2.75, 3.05) is 0 Å². The van der Waals surface area contributed by atoms with Gasteiger partial charge in [0.2, 0.25) is 0 Å². The van der Waals surface area contributed by atoms with Crippen molar-refractivity contribution >= 4 is 5.71 Å². The quantitative estimate of drug-likeness (QED) is 0.678. The summed E-state index contributed by atoms with van der Waals surface area (Å²) in [6.07, 6.45) is 0. The van der Waals surface area contributed by atoms with Gasteiger partial charge in [0.05, 0.1) is 0 Å². The third-order valence-corrected chi connectivity index (χ3v) is 1.85. The molecule has 0 unspecified atom stereocenters. The predicted molar refractivity (Wildman–Crippen MR) is 58.7 cm³/mol. The normalized spacial score (nSPS) is 13.3. The number of alkyl halides is 2. The average molecular weight is 211 g/mol. The molecule has 0 aliphatic carbocycles. The lowest BCUT2D eigenvalue weighted by molar-refractivity contribution is 0.101. The maximum Gasteiger partial charge on any atom is 0.287 e. The zero-order chi connectivity index (χ0) is 11.5. The molecule has 0 N–H and O–H groups in total. The lowest BCUT2D eigenvalue weighted by Crippen LogP contribution is -2.26. The molecule has 0 fully saturated rings. The van der Waals surface area contributed by atoms with E-state index in [2.05, 4.69) is 4.99 Å². The number of hydrogen-bond acceptors (Lipinski definition) is 1. The summed E-state index contributed by atoms with van der Waals surface area (Å²) in [5, 5.41) is 0. The summed E-state index contributed by atoms with van der Waals surface area (Å²) < 4.78 is 26.6. The second-order valence-corrected chi connectivity index (χ2v) is 3.83. The SMILES string of the molecule is CC(C)N=C(c1ccccc1)C(C)(F)F. The van der Waals surface area contributed by atoms with Crippen LogP contribution in [0.4, 0.5) is 8.78 Å². The Kier molecular flexibility index (Phi) is 3.56. The van der Waals surface area contributed by atoms with E-state index in [-0.39, 0.29) is 11.8 Å². The smallest absolute Gasteiger partial charge is 0.280 e. The molecule has 1 rings (SSSR count). The minimum atomic E-state index is -2.90. The molecule has 15 heavy (non-hydrogen) atoms. The summed E-state index contributed by atoms with van der Waals surface area (Å²) >= 11 is 0. The van der Waals surface area contributed by atoms with E-state index in [1.54, 1.807) is 44.2 Å². The van der Waals surface area contributed by atoms with Gasteiger partial charge in [-0.25, -0.2) is 0 Å². The van der Waals surface area contributed by atoms with Crippen molar-refractivity contribution in [3.63, 3.8) is 0 Å². The van der Waals surface area contributed by atoms with Crippen LogP contribution in [-0.4, -0.2) is 17.7 Å². The van der Waals surface area contributed by atoms with E-state index in [1.807, 2.05) is 0 Å². The Labute approximate surface area is 88.8 Å². The molecule has 0 atom stereocenters. The molecular formula is C12H15F2N. The fourth-order valence-corrected chi connectivity index (χ4v) is 1.30. The van der Waals surface area contributed by atoms with Crippen LogP contribution in [0, 0.1) is 0 Å². The van der Waals surface area contributed by atoms with E-state index in [4.69, 9.17) is 0 Å². The fraction of sp³-hybridized carbons (Fsp3) is 0.417. The van der Waals surface area contributed by atoms with Crippen molar-refractivity contribution in [3.05, 3.63) is 35.9 Å². The fourth-order valence-electron chi connectivity index (χ4n) is 1.30. The molecule has 0 aliphatic heterocycles. The Hall–Kier alpha value is -1.25. The maximum absolute atomic E-state index is 13.3. The molecule has 3 heteroatoms. The molecule has 1 aromatic rings. The highest BCUT2D eigenvalue weighted by atomic mass is 19.3. The van der Waals surface area contributed by atoms with E-state index in [0.29, 0.717) is 5.56 Å². The third kappa shape index (κ3) is 3.42. The van der Waals surface area contributed by atoms with Crippen molar-refractivity contribution in [1.29, 1.82) is 0 Å². The van der Waals surface area contributed by atoms with Crippen LogP contribution < -0.4 is 0 Å². The van der Waals surface area contributed by atoms with Crippen molar-refractivity contribution in [2.45, 2.75) is 32.7 Å². The molecule has 0 saturated carbocycles. The van der Waals surface area contributed by atoms with Crippen LogP contribution >= 0.6 is 0 Å². The molecule has 1 aromatic carbocycles. The standard InChI is InChI=1S/C12H15F2N/c1-9(2)15-11(12(3,13)14)10-7-5-4-6-8-10/h4-9H,1-3H3. The van der Waals surface area contributed by atoms with Crippen LogP contribution in [0.2, 0.25) is 0 Å². The third-order valence-electron chi connectivity index (χ3n) is 1.85. The van der Waals surface area contributed by atoms with E-state index in [9.17, 15) is 8.78 Å². The van der Waals surface area contributed by atoms with E-state index in [1.165, 1.54) is 0 Å². The van der Waals surface area contributed by atoms with Crippen molar-refractivity contribution in [2.24, 2.45) is 4.99 Å². The first-order valence-electron chi connectivity index (χ1n) is 4.93. The van der Waals surface area contributed by atoms with E-state index >= 15 is 0 Å². The second kappa shape index (κ2) is 4.51. The van der Waals surface area contributed by atoms with Gasteiger partial charge >= 0.3 is 0 Å². The minimum absolute atomic E-state index is 0.133. The van der Waals surface area contributed by atoms with Crippen LogP contribution in [0.5, 0.6) is 0 Å². The summed E-state index contributed by atoms with van der Waals surface area (Å²) in [7, 11) is 0. The number of rotatable bonds is 3. The maximum atomic E-state index is 13.3. The van der Waals surface area contributed by atoms with Gasteiger partial charge < -0.3 is 0 Å². The summed E-state index contributed by atoms with van der Waals surface area (Å²) in [5.41, 5.74) is 0.344. The summed E-state index contributed by atoms with van der Waals surface area (Å²) in [6, 6.07) is 8.43. The Morgan fingerprint density at radius 3 is 2.13 bits per heavy atom. The second-order valence-electron chi connectivity index (χ2n) is 3.83. The molecule has 0 aliphatic rings. The van der Waals surface area contributed by atoms with Crippen molar-refractivity contribution < 1.29 is 8.78 Å². The Morgan fingerprint density at radius 1 is 1.20 bits per heavy atom. The molecule has 0 saturated heterocycles. The summed E-state index contributed by atoms with van der Waals surface area (Å²) in [4.78, 5) is 3.99. The highest BCUT2D eigenvalue weighted by Gasteiger charge is 2.30. The molecule has 0 spiro atoms. The molecule has 0 amide bonds. The molecule has 0 aromatic heterocycles. The first kappa shape index (κ1) is 11.8. The van der Waals surface area contributed by atoms with Gasteiger partial charge in [-0.05, 0) is 13.8 Å². The van der Waals surface area contributed by atoms with E-state index in [0.717, 1.165) is 6.92 Å². The first-order valence-corrected chi connectivity index (χ1v) is 4.93. The number of halogens is 2. The van der Waals surface area contributed by atoms with Gasteiger partial charge in [0.25, 0.3) is 5.92 Å². The molecular weight excluding hydrogens is 196 g/mol. The van der Waals surface area contributed by atoms with Gasteiger partial charge in [0.1, 0.15) is 5.71 Å². The minimum Gasteiger partial charge on any atom is -0.280 e. The van der Waals surface area contributed by atoms with Crippen LogP contribution in [0.25, 0.3) is 0 Å². The predicted octanol–water partition coefficient (Wildman–Crippen LogP) is 3.54. The Balaban J connectivity index is 3.15. The van der Waals surface area contributed by atoms with Gasteiger partial charge in [0.15, 0.2) is 0 Å². The number of benzene rings is 1. The Bertz CT molecular complexity index is 336. The van der Waals surface area contributed by atoms with Gasteiger partial charge in [-0.1, -0.05) is 30.3 Å². The van der Waals surface area contributed by atoms with Crippen LogP contribution in [0.15, 0.2) is 35.3 Å². The average Bonchev–Trinajstić information content (AvgIpc) is 2.14. The topological polar surface area (TPSA) is 12.4 Å². The number of hydrogen-bond donors (Lipinski definition) is 0. The summed E-state index contributed by atoms with van der Waals surface area (Å²) in [5.74, 6) is -2.90. The lowest BCUT2D eigenvalue weighted by atomic mass is 10.1. The molecule has 0 heterocycles. The van der Waals surface area contributed by atoms with Gasteiger partial charge in [0, 0.05) is 18.5 Å². The first-order chi connectivity index (χ1) is 6.91. The van der Waals surface area contributed by atoms with Gasteiger partial charge in [-0.15, -0.1) is 0 Å². The van der Waals surface area contributed by atoms with Crippen LogP contribution in [-0.2, 0) is 0 Å². The Morgan fingerprint density at radius 2 is 1.73 bits per heavy atom. The van der Waals surface area contributed by atoms with E-state index < -0.39 is 5.92 Å². The van der Waals surface area contributed by atoms with Crippen LogP contribution in [0.3, 0.4) is 0 Å². The van der Waals surface area contributed by atoms with Gasteiger partial charge in [-0.3, -0.25) is 4.99 Å². The summed E-state index contributed by atoms with van der Waals surface area (Å²) in [6.45, 7) is 4.45. The number of aliphatic imine (C=N–C) groups is 1. The molecule has 1 nitrogen and oxygen atoms in total. The van der Waals surface area contributed by atoms with Crippen LogP contribution in [0.1, 0.15) is 26.3 Å². The molecule has 0 bridgehead atoms. The largest absolute Gasteiger partial charge is 0.287 e. The highest BCUT2D eigenvalue weighted by Crippen LogP contribution is 2.21.